The Bertz CT molecular complexity index is 1250. The van der Waals surface area contributed by atoms with Crippen molar-refractivity contribution in [3.8, 4) is 5.75 Å². The van der Waals surface area contributed by atoms with Gasteiger partial charge in [-0.05, 0) is 54.1 Å². The quantitative estimate of drug-likeness (QED) is 0.481. The summed E-state index contributed by atoms with van der Waals surface area (Å²) < 4.78 is 19.7. The van der Waals surface area contributed by atoms with E-state index in [9.17, 15) is 9.18 Å². The lowest BCUT2D eigenvalue weighted by molar-refractivity contribution is 0.0995. The van der Waals surface area contributed by atoms with Gasteiger partial charge in [-0.2, -0.15) is 0 Å². The first kappa shape index (κ1) is 19.5. The Morgan fingerprint density at radius 2 is 2.00 bits per heavy atom. The molecule has 1 amide bonds. The summed E-state index contributed by atoms with van der Waals surface area (Å²) in [7, 11) is 0. The van der Waals surface area contributed by atoms with Crippen LogP contribution in [0.3, 0.4) is 0 Å². The summed E-state index contributed by atoms with van der Waals surface area (Å²) in [6.07, 6.45) is 3.12. The van der Waals surface area contributed by atoms with E-state index in [2.05, 4.69) is 20.3 Å². The molecule has 4 aromatic rings. The second-order valence-electron chi connectivity index (χ2n) is 6.37. The Kier molecular flexibility index (Phi) is 5.40. The van der Waals surface area contributed by atoms with Crippen LogP contribution in [0, 0.1) is 5.82 Å². The minimum Gasteiger partial charge on any atom is -0.489 e. The van der Waals surface area contributed by atoms with Crippen molar-refractivity contribution >= 4 is 40.0 Å². The number of nitrogens with two attached hydrogens (primary N) is 1. The molecule has 30 heavy (non-hydrogen) atoms. The summed E-state index contributed by atoms with van der Waals surface area (Å²) in [5, 5.41) is 3.90. The molecule has 0 saturated carbocycles. The van der Waals surface area contributed by atoms with E-state index in [4.69, 9.17) is 22.1 Å². The van der Waals surface area contributed by atoms with Gasteiger partial charge in [0.05, 0.1) is 11.2 Å². The third kappa shape index (κ3) is 4.44. The molecule has 2 aromatic carbocycles. The lowest BCUT2D eigenvalue weighted by atomic mass is 10.2. The largest absolute Gasteiger partial charge is 0.489 e. The van der Waals surface area contributed by atoms with Gasteiger partial charge in [0.2, 0.25) is 5.95 Å². The molecule has 7 nitrogen and oxygen atoms in total. The average molecular weight is 424 g/mol. The molecular weight excluding hydrogens is 409 g/mol. The van der Waals surface area contributed by atoms with Crippen molar-refractivity contribution in [2.24, 2.45) is 5.73 Å². The first-order valence-corrected chi connectivity index (χ1v) is 9.22. The molecule has 0 fully saturated rings. The molecule has 0 bridgehead atoms. The highest BCUT2D eigenvalue weighted by Crippen LogP contribution is 2.24. The van der Waals surface area contributed by atoms with Crippen LogP contribution in [0.1, 0.15) is 16.1 Å². The Hall–Kier alpha value is -3.78. The summed E-state index contributed by atoms with van der Waals surface area (Å²) in [6, 6.07) is 13.0. The number of primary amides is 1. The highest BCUT2D eigenvalue weighted by atomic mass is 35.5. The van der Waals surface area contributed by atoms with E-state index in [-0.39, 0.29) is 23.9 Å². The molecule has 150 valence electrons. The first-order valence-electron chi connectivity index (χ1n) is 8.84. The van der Waals surface area contributed by atoms with Crippen molar-refractivity contribution in [1.82, 2.24) is 15.0 Å². The second-order valence-corrected chi connectivity index (χ2v) is 6.80. The van der Waals surface area contributed by atoms with Crippen LogP contribution < -0.4 is 15.8 Å². The Balaban J connectivity index is 1.49. The van der Waals surface area contributed by atoms with Crippen LogP contribution in [0.5, 0.6) is 5.75 Å². The van der Waals surface area contributed by atoms with Gasteiger partial charge >= 0.3 is 0 Å². The maximum atomic E-state index is 13.9. The van der Waals surface area contributed by atoms with Crippen LogP contribution >= 0.6 is 11.6 Å². The van der Waals surface area contributed by atoms with Crippen LogP contribution in [-0.4, -0.2) is 20.9 Å². The van der Waals surface area contributed by atoms with Crippen molar-refractivity contribution in [3.63, 3.8) is 0 Å². The molecule has 0 radical (unpaired) electrons. The fraction of sp³-hybridized carbons (Fsp3) is 0.0476. The van der Waals surface area contributed by atoms with Gasteiger partial charge in [-0.15, -0.1) is 0 Å². The minimum atomic E-state index is -0.595. The number of halogens is 2. The number of pyridine rings is 1. The predicted octanol–water partition coefficient (Wildman–Crippen LogP) is 4.24. The summed E-state index contributed by atoms with van der Waals surface area (Å²) in [4.78, 5) is 23.7. The molecule has 0 aliphatic carbocycles. The maximum Gasteiger partial charge on any atom is 0.267 e. The van der Waals surface area contributed by atoms with E-state index in [1.165, 1.54) is 18.3 Å². The second kappa shape index (κ2) is 8.30. The molecule has 0 aliphatic heterocycles. The molecule has 0 unspecified atom stereocenters. The Morgan fingerprint density at radius 1 is 1.13 bits per heavy atom. The van der Waals surface area contributed by atoms with E-state index < -0.39 is 11.7 Å². The van der Waals surface area contributed by atoms with Gasteiger partial charge in [0.1, 0.15) is 23.9 Å². The molecule has 0 saturated heterocycles. The van der Waals surface area contributed by atoms with Crippen molar-refractivity contribution in [3.05, 3.63) is 83.0 Å². The average Bonchev–Trinajstić information content (AvgIpc) is 2.74. The predicted molar refractivity (Wildman–Crippen MR) is 111 cm³/mol. The number of ether oxygens (including phenoxy) is 1. The van der Waals surface area contributed by atoms with E-state index in [1.54, 1.807) is 42.6 Å². The molecule has 2 heterocycles. The summed E-state index contributed by atoms with van der Waals surface area (Å²) in [5.41, 5.74) is 7.07. The van der Waals surface area contributed by atoms with E-state index in [0.717, 1.165) is 10.9 Å². The molecule has 2 aromatic heterocycles. The fourth-order valence-electron chi connectivity index (χ4n) is 2.74. The zero-order chi connectivity index (χ0) is 21.1. The Morgan fingerprint density at radius 3 is 2.80 bits per heavy atom. The van der Waals surface area contributed by atoms with Gasteiger partial charge in [0.15, 0.2) is 0 Å². The van der Waals surface area contributed by atoms with Crippen molar-refractivity contribution in [1.29, 1.82) is 0 Å². The van der Waals surface area contributed by atoms with Crippen LogP contribution in [0.2, 0.25) is 5.02 Å². The molecule has 3 N–H and O–H groups in total. The topological polar surface area (TPSA) is 103 Å². The van der Waals surface area contributed by atoms with Gasteiger partial charge in [0, 0.05) is 22.8 Å². The van der Waals surface area contributed by atoms with Gasteiger partial charge in [-0.1, -0.05) is 11.6 Å². The summed E-state index contributed by atoms with van der Waals surface area (Å²) >= 11 is 5.76. The third-order valence-electron chi connectivity index (χ3n) is 4.21. The van der Waals surface area contributed by atoms with Crippen LogP contribution in [0.25, 0.3) is 10.9 Å². The van der Waals surface area contributed by atoms with E-state index >= 15 is 0 Å². The smallest absolute Gasteiger partial charge is 0.267 e. The summed E-state index contributed by atoms with van der Waals surface area (Å²) in [5.74, 6) is -0.228. The number of amides is 1. The summed E-state index contributed by atoms with van der Waals surface area (Å²) in [6.45, 7) is 0.241. The van der Waals surface area contributed by atoms with Crippen LogP contribution in [0.4, 0.5) is 16.0 Å². The van der Waals surface area contributed by atoms with Gasteiger partial charge in [-0.3, -0.25) is 9.78 Å². The number of fused-ring (bicyclic) bond motifs is 1. The SMILES string of the molecule is NC(=O)c1cc(COc2ccc3nc(Nc4ccc(Cl)cc4F)ncc3c2)ccn1. The van der Waals surface area contributed by atoms with Crippen LogP contribution in [0.15, 0.2) is 60.9 Å². The fourth-order valence-corrected chi connectivity index (χ4v) is 2.90. The molecule has 0 spiro atoms. The van der Waals surface area contributed by atoms with Gasteiger partial charge < -0.3 is 15.8 Å². The number of hydrogen-bond donors (Lipinski definition) is 2. The lowest BCUT2D eigenvalue weighted by Crippen LogP contribution is -2.13. The number of rotatable bonds is 6. The highest BCUT2D eigenvalue weighted by molar-refractivity contribution is 6.30. The van der Waals surface area contributed by atoms with Crippen molar-refractivity contribution in [2.75, 3.05) is 5.32 Å². The van der Waals surface area contributed by atoms with E-state index in [0.29, 0.717) is 16.3 Å². The lowest BCUT2D eigenvalue weighted by Gasteiger charge is -2.09. The normalized spacial score (nSPS) is 10.7. The highest BCUT2D eigenvalue weighted by Gasteiger charge is 2.08. The van der Waals surface area contributed by atoms with Gasteiger partial charge in [-0.25, -0.2) is 14.4 Å². The zero-order valence-corrected chi connectivity index (χ0v) is 16.2. The van der Waals surface area contributed by atoms with Crippen molar-refractivity contribution in [2.45, 2.75) is 6.61 Å². The maximum absolute atomic E-state index is 13.9. The monoisotopic (exact) mass is 423 g/mol. The molecule has 9 heteroatoms. The first-order chi connectivity index (χ1) is 14.5. The number of benzene rings is 2. The zero-order valence-electron chi connectivity index (χ0n) is 15.5. The number of carbonyl (C=O) groups is 1. The molecule has 0 aliphatic rings. The van der Waals surface area contributed by atoms with Gasteiger partial charge in [0.25, 0.3) is 5.91 Å². The number of carbonyl (C=O) groups excluding carboxylic acids is 1. The number of hydrogen-bond acceptors (Lipinski definition) is 6. The van der Waals surface area contributed by atoms with Crippen molar-refractivity contribution < 1.29 is 13.9 Å². The number of aromatic nitrogens is 3. The molecule has 0 atom stereocenters. The minimum absolute atomic E-state index is 0.181. The number of anilines is 2. The standard InChI is InChI=1S/C21H15ClFN5O2/c22-14-1-3-18(16(23)9-14)28-21-26-10-13-8-15(2-4-17(13)27-21)30-11-12-5-6-25-19(7-12)20(24)29/h1-10H,11H2,(H2,24,29)(H,26,27,28). The molecule has 4 rings (SSSR count). The molecular formula is C21H15ClFN5O2. The third-order valence-corrected chi connectivity index (χ3v) is 4.45. The number of nitrogens with zero attached hydrogens (tertiary/aromatic N) is 3. The Labute approximate surface area is 175 Å². The van der Waals surface area contributed by atoms with E-state index in [1.807, 2.05) is 0 Å². The number of nitrogens with one attached hydrogen (secondary N) is 1. The van der Waals surface area contributed by atoms with Crippen LogP contribution in [-0.2, 0) is 6.61 Å².